The molecule has 4 rings (SSSR count). The number of H-pyrrole nitrogens is 1. The number of hydrogen-bond donors (Lipinski definition) is 2. The van der Waals surface area contributed by atoms with Crippen LogP contribution in [0.15, 0.2) is 53.3 Å². The molecule has 0 aliphatic rings. The first kappa shape index (κ1) is 23.8. The van der Waals surface area contributed by atoms with Crippen LogP contribution in [0.3, 0.4) is 0 Å². The van der Waals surface area contributed by atoms with E-state index in [0.29, 0.717) is 50.5 Å². The number of benzene rings is 2. The maximum absolute atomic E-state index is 13.3. The molecule has 0 bridgehead atoms. The predicted octanol–water partition coefficient (Wildman–Crippen LogP) is 4.16. The van der Waals surface area contributed by atoms with Crippen LogP contribution in [-0.4, -0.2) is 37.2 Å². The van der Waals surface area contributed by atoms with Crippen LogP contribution >= 0.6 is 0 Å². The molecule has 0 saturated carbocycles. The fraction of sp³-hybridized carbons (Fsp3) is 0.222. The summed E-state index contributed by atoms with van der Waals surface area (Å²) in [6.07, 6.45) is 0. The van der Waals surface area contributed by atoms with Crippen molar-refractivity contribution in [3.8, 4) is 28.5 Å². The molecule has 0 unspecified atom stereocenters. The lowest BCUT2D eigenvalue weighted by Gasteiger charge is -2.15. The largest absolute Gasteiger partial charge is 0.493 e. The minimum atomic E-state index is -0.309. The van der Waals surface area contributed by atoms with Gasteiger partial charge in [-0.05, 0) is 49.7 Å². The Morgan fingerprint density at radius 2 is 1.66 bits per heavy atom. The molecule has 0 aliphatic carbocycles. The second-order valence-corrected chi connectivity index (χ2v) is 8.11. The van der Waals surface area contributed by atoms with Gasteiger partial charge in [-0.3, -0.25) is 9.59 Å². The molecule has 1 amide bonds. The maximum Gasteiger partial charge on any atom is 0.253 e. The lowest BCUT2D eigenvalue weighted by atomic mass is 10.0. The van der Waals surface area contributed by atoms with Gasteiger partial charge in [0.05, 0.1) is 38.1 Å². The Morgan fingerprint density at radius 3 is 2.29 bits per heavy atom. The van der Waals surface area contributed by atoms with Gasteiger partial charge >= 0.3 is 0 Å². The van der Waals surface area contributed by atoms with Gasteiger partial charge in [0.15, 0.2) is 11.5 Å². The Labute approximate surface area is 202 Å². The topological polar surface area (TPSA) is 103 Å². The van der Waals surface area contributed by atoms with Gasteiger partial charge in [0, 0.05) is 28.8 Å². The number of amides is 1. The lowest BCUT2D eigenvalue weighted by molar-refractivity contribution is 0.0952. The van der Waals surface area contributed by atoms with Gasteiger partial charge in [-0.1, -0.05) is 18.2 Å². The molecular weight excluding hydrogens is 446 g/mol. The van der Waals surface area contributed by atoms with E-state index in [1.165, 1.54) is 7.11 Å². The number of methoxy groups -OCH3 is 3. The van der Waals surface area contributed by atoms with Gasteiger partial charge in [0.1, 0.15) is 0 Å². The molecule has 180 valence electrons. The van der Waals surface area contributed by atoms with Crippen molar-refractivity contribution in [3.05, 3.63) is 81.3 Å². The fourth-order valence-corrected chi connectivity index (χ4v) is 4.11. The zero-order valence-electron chi connectivity index (χ0n) is 20.3. The normalized spacial score (nSPS) is 10.8. The molecule has 2 heterocycles. The van der Waals surface area contributed by atoms with Crippen molar-refractivity contribution in [2.24, 2.45) is 0 Å². The second-order valence-electron chi connectivity index (χ2n) is 8.11. The fourth-order valence-electron chi connectivity index (χ4n) is 4.11. The van der Waals surface area contributed by atoms with Gasteiger partial charge in [0.25, 0.3) is 11.5 Å². The number of rotatable bonds is 7. The molecule has 4 aromatic rings. The van der Waals surface area contributed by atoms with Crippen LogP contribution in [0.25, 0.3) is 22.2 Å². The zero-order chi connectivity index (χ0) is 25.1. The molecule has 2 aromatic heterocycles. The summed E-state index contributed by atoms with van der Waals surface area (Å²) in [6.45, 7) is 3.79. The summed E-state index contributed by atoms with van der Waals surface area (Å²) in [7, 11) is 4.63. The van der Waals surface area contributed by atoms with Gasteiger partial charge in [0.2, 0.25) is 5.75 Å². The van der Waals surface area contributed by atoms with Crippen molar-refractivity contribution >= 4 is 16.8 Å². The number of fused-ring (bicyclic) bond motifs is 1. The quantitative estimate of drug-likeness (QED) is 0.418. The van der Waals surface area contributed by atoms with Crippen molar-refractivity contribution in [1.29, 1.82) is 0 Å². The Balaban J connectivity index is 1.77. The predicted molar refractivity (Wildman–Crippen MR) is 135 cm³/mol. The van der Waals surface area contributed by atoms with E-state index >= 15 is 0 Å². The summed E-state index contributed by atoms with van der Waals surface area (Å²) in [4.78, 5) is 33.3. The molecule has 0 aliphatic heterocycles. The van der Waals surface area contributed by atoms with E-state index in [1.54, 1.807) is 32.4 Å². The van der Waals surface area contributed by atoms with E-state index in [-0.39, 0.29) is 18.0 Å². The molecule has 0 fully saturated rings. The minimum absolute atomic E-state index is 0.108. The SMILES string of the molecule is COc1cc(-c2cc(C(=O)NCc3c(C)cc(C)[nH]c3=O)c3ccccc3n2)cc(OC)c1OC. The standard InChI is InChI=1S/C27H27N3O5/c1-15-10-16(2)29-27(32)20(15)14-28-26(31)19-13-22(30-21-9-7-6-8-18(19)21)17-11-23(33-3)25(35-5)24(12-17)34-4/h6-13H,14H2,1-5H3,(H,28,31)(H,29,32). The van der Waals surface area contributed by atoms with Crippen LogP contribution in [0.1, 0.15) is 27.2 Å². The number of nitrogens with zero attached hydrogens (tertiary/aromatic N) is 1. The molecule has 8 nitrogen and oxygen atoms in total. The monoisotopic (exact) mass is 473 g/mol. The van der Waals surface area contributed by atoms with E-state index in [9.17, 15) is 9.59 Å². The van der Waals surface area contributed by atoms with Crippen LogP contribution in [0.4, 0.5) is 0 Å². The molecule has 2 N–H and O–H groups in total. The number of pyridine rings is 2. The molecule has 0 spiro atoms. The average molecular weight is 474 g/mol. The molecule has 0 atom stereocenters. The Morgan fingerprint density at radius 1 is 0.971 bits per heavy atom. The van der Waals surface area contributed by atoms with Crippen LogP contribution in [0, 0.1) is 13.8 Å². The van der Waals surface area contributed by atoms with Crippen LogP contribution < -0.4 is 25.1 Å². The number of aromatic nitrogens is 2. The zero-order valence-corrected chi connectivity index (χ0v) is 20.3. The van der Waals surface area contributed by atoms with E-state index < -0.39 is 0 Å². The van der Waals surface area contributed by atoms with E-state index in [2.05, 4.69) is 10.3 Å². The first-order valence-corrected chi connectivity index (χ1v) is 11.0. The third-order valence-electron chi connectivity index (χ3n) is 5.84. The Bertz CT molecular complexity index is 1450. The van der Waals surface area contributed by atoms with Crippen molar-refractivity contribution in [3.63, 3.8) is 0 Å². The number of para-hydroxylation sites is 1. The number of hydrogen-bond acceptors (Lipinski definition) is 6. The summed E-state index contributed by atoms with van der Waals surface area (Å²) in [6, 6.07) is 14.6. The molecule has 35 heavy (non-hydrogen) atoms. The Hall–Kier alpha value is -4.33. The summed E-state index contributed by atoms with van der Waals surface area (Å²) in [5.74, 6) is 1.13. The molecule has 0 saturated heterocycles. The Kier molecular flexibility index (Phi) is 6.73. The highest BCUT2D eigenvalue weighted by Gasteiger charge is 2.18. The van der Waals surface area contributed by atoms with E-state index in [1.807, 2.05) is 44.2 Å². The number of carbonyl (C=O) groups is 1. The van der Waals surface area contributed by atoms with Crippen LogP contribution in [-0.2, 0) is 6.54 Å². The van der Waals surface area contributed by atoms with Gasteiger partial charge < -0.3 is 24.5 Å². The van der Waals surface area contributed by atoms with Crippen LogP contribution in [0.5, 0.6) is 17.2 Å². The molecular formula is C27H27N3O5. The summed E-state index contributed by atoms with van der Waals surface area (Å²) >= 11 is 0. The number of ether oxygens (including phenoxy) is 3. The highest BCUT2D eigenvalue weighted by molar-refractivity contribution is 6.07. The van der Waals surface area contributed by atoms with Crippen molar-refractivity contribution in [2.75, 3.05) is 21.3 Å². The summed E-state index contributed by atoms with van der Waals surface area (Å²) in [5.41, 5.74) is 4.28. The van der Waals surface area contributed by atoms with Gasteiger partial charge in [-0.2, -0.15) is 0 Å². The lowest BCUT2D eigenvalue weighted by Crippen LogP contribution is -2.28. The average Bonchev–Trinajstić information content (AvgIpc) is 2.86. The van der Waals surface area contributed by atoms with E-state index in [4.69, 9.17) is 19.2 Å². The molecule has 0 radical (unpaired) electrons. The molecule has 2 aromatic carbocycles. The number of carbonyl (C=O) groups excluding carboxylic acids is 1. The van der Waals surface area contributed by atoms with Gasteiger partial charge in [-0.15, -0.1) is 0 Å². The second kappa shape index (κ2) is 9.89. The summed E-state index contributed by atoms with van der Waals surface area (Å²) in [5, 5.41) is 3.60. The maximum atomic E-state index is 13.3. The highest BCUT2D eigenvalue weighted by atomic mass is 16.5. The summed E-state index contributed by atoms with van der Waals surface area (Å²) < 4.78 is 16.4. The van der Waals surface area contributed by atoms with Crippen molar-refractivity contribution < 1.29 is 19.0 Å². The highest BCUT2D eigenvalue weighted by Crippen LogP contribution is 2.41. The third kappa shape index (κ3) is 4.68. The van der Waals surface area contributed by atoms with E-state index in [0.717, 1.165) is 11.3 Å². The third-order valence-corrected chi connectivity index (χ3v) is 5.84. The van der Waals surface area contributed by atoms with Crippen LogP contribution in [0.2, 0.25) is 0 Å². The number of aromatic amines is 1. The molecule has 8 heteroatoms. The smallest absolute Gasteiger partial charge is 0.253 e. The first-order valence-electron chi connectivity index (χ1n) is 11.0. The van der Waals surface area contributed by atoms with Crippen molar-refractivity contribution in [1.82, 2.24) is 15.3 Å². The number of nitrogens with one attached hydrogen (secondary N) is 2. The first-order chi connectivity index (χ1) is 16.9. The minimum Gasteiger partial charge on any atom is -0.493 e. The van der Waals surface area contributed by atoms with Crippen molar-refractivity contribution in [2.45, 2.75) is 20.4 Å². The number of aryl methyl sites for hydroxylation is 2. The van der Waals surface area contributed by atoms with Gasteiger partial charge in [-0.25, -0.2) is 4.98 Å².